The molecule has 1 heterocycles. The number of likely N-dealkylation sites (N-methyl/N-ethyl adjacent to an activating group) is 1. The van der Waals surface area contributed by atoms with Gasteiger partial charge in [0.15, 0.2) is 0 Å². The highest BCUT2D eigenvalue weighted by molar-refractivity contribution is 5.78. The predicted molar refractivity (Wildman–Crippen MR) is 75.8 cm³/mol. The molecule has 0 aromatic heterocycles. The Kier molecular flexibility index (Phi) is 4.85. The lowest BCUT2D eigenvalue weighted by molar-refractivity contribution is -0.135. The number of aliphatic hydroxyl groups is 1. The summed E-state index contributed by atoms with van der Waals surface area (Å²) in [4.78, 5) is 16.4. The van der Waals surface area contributed by atoms with Gasteiger partial charge in [0.05, 0.1) is 12.6 Å². The van der Waals surface area contributed by atoms with Crippen LogP contribution in [0.5, 0.6) is 0 Å². The summed E-state index contributed by atoms with van der Waals surface area (Å²) in [7, 11) is 2.01. The van der Waals surface area contributed by atoms with Gasteiger partial charge in [-0.3, -0.25) is 9.69 Å². The van der Waals surface area contributed by atoms with Crippen molar-refractivity contribution in [2.45, 2.75) is 39.2 Å². The average molecular weight is 268 g/mol. The SMILES string of the molecule is CC1CC(C)CN(C(=O)CN(C)CC2CC(O)C2)C1. The van der Waals surface area contributed by atoms with Crippen LogP contribution in [0.4, 0.5) is 0 Å². The van der Waals surface area contributed by atoms with E-state index in [1.54, 1.807) is 0 Å². The number of nitrogens with zero attached hydrogens (tertiary/aromatic N) is 2. The molecule has 1 amide bonds. The van der Waals surface area contributed by atoms with E-state index in [4.69, 9.17) is 0 Å². The van der Waals surface area contributed by atoms with Crippen LogP contribution >= 0.6 is 0 Å². The van der Waals surface area contributed by atoms with E-state index in [2.05, 4.69) is 18.7 Å². The first-order valence-corrected chi connectivity index (χ1v) is 7.58. The highest BCUT2D eigenvalue weighted by Gasteiger charge is 2.30. The van der Waals surface area contributed by atoms with Gasteiger partial charge in [-0.05, 0) is 44.1 Å². The highest BCUT2D eigenvalue weighted by atomic mass is 16.3. The van der Waals surface area contributed by atoms with Crippen molar-refractivity contribution in [2.75, 3.05) is 33.2 Å². The van der Waals surface area contributed by atoms with E-state index in [0.717, 1.165) is 32.5 Å². The lowest BCUT2D eigenvalue weighted by Gasteiger charge is -2.37. The van der Waals surface area contributed by atoms with Crippen molar-refractivity contribution in [2.24, 2.45) is 17.8 Å². The molecule has 2 unspecified atom stereocenters. The van der Waals surface area contributed by atoms with Crippen LogP contribution < -0.4 is 0 Å². The van der Waals surface area contributed by atoms with Gasteiger partial charge in [-0.1, -0.05) is 13.8 Å². The Morgan fingerprint density at radius 2 is 1.79 bits per heavy atom. The fourth-order valence-electron chi connectivity index (χ4n) is 3.55. The number of hydrogen-bond donors (Lipinski definition) is 1. The highest BCUT2D eigenvalue weighted by Crippen LogP contribution is 2.27. The van der Waals surface area contributed by atoms with Crippen molar-refractivity contribution >= 4 is 5.91 Å². The van der Waals surface area contributed by atoms with Gasteiger partial charge in [0.1, 0.15) is 0 Å². The molecule has 2 rings (SSSR count). The van der Waals surface area contributed by atoms with Gasteiger partial charge in [-0.15, -0.1) is 0 Å². The molecule has 1 saturated carbocycles. The molecule has 110 valence electrons. The normalized spacial score (nSPS) is 35.3. The van der Waals surface area contributed by atoms with E-state index in [9.17, 15) is 9.90 Å². The molecule has 0 bridgehead atoms. The maximum Gasteiger partial charge on any atom is 0.236 e. The molecule has 1 saturated heterocycles. The lowest BCUT2D eigenvalue weighted by atomic mass is 9.82. The van der Waals surface area contributed by atoms with Crippen LogP contribution in [0.1, 0.15) is 33.1 Å². The number of carbonyl (C=O) groups is 1. The first-order chi connectivity index (χ1) is 8.94. The lowest BCUT2D eigenvalue weighted by Crippen LogP contribution is -2.47. The van der Waals surface area contributed by atoms with Crippen LogP contribution in [0.3, 0.4) is 0 Å². The van der Waals surface area contributed by atoms with Crippen LogP contribution in [-0.2, 0) is 4.79 Å². The van der Waals surface area contributed by atoms with E-state index in [1.165, 1.54) is 6.42 Å². The summed E-state index contributed by atoms with van der Waals surface area (Å²) in [5.74, 6) is 2.09. The quantitative estimate of drug-likeness (QED) is 0.833. The Morgan fingerprint density at radius 1 is 1.21 bits per heavy atom. The number of piperidine rings is 1. The van der Waals surface area contributed by atoms with Gasteiger partial charge in [-0.25, -0.2) is 0 Å². The molecule has 1 aliphatic carbocycles. The monoisotopic (exact) mass is 268 g/mol. The summed E-state index contributed by atoms with van der Waals surface area (Å²) in [5, 5.41) is 9.28. The van der Waals surface area contributed by atoms with E-state index < -0.39 is 0 Å². The Bertz CT molecular complexity index is 305. The molecule has 4 nitrogen and oxygen atoms in total. The Balaban J connectivity index is 1.73. The van der Waals surface area contributed by atoms with Crippen molar-refractivity contribution < 1.29 is 9.90 Å². The first-order valence-electron chi connectivity index (χ1n) is 7.58. The molecule has 19 heavy (non-hydrogen) atoms. The smallest absolute Gasteiger partial charge is 0.236 e. The summed E-state index contributed by atoms with van der Waals surface area (Å²) < 4.78 is 0. The zero-order valence-corrected chi connectivity index (χ0v) is 12.5. The summed E-state index contributed by atoms with van der Waals surface area (Å²) in [6.07, 6.45) is 2.93. The summed E-state index contributed by atoms with van der Waals surface area (Å²) in [5.41, 5.74) is 0. The molecule has 1 aliphatic heterocycles. The molecule has 0 aromatic carbocycles. The summed E-state index contributed by atoms with van der Waals surface area (Å²) in [6, 6.07) is 0. The molecule has 1 N–H and O–H groups in total. The van der Waals surface area contributed by atoms with E-state index >= 15 is 0 Å². The minimum atomic E-state index is -0.0992. The number of hydrogen-bond acceptors (Lipinski definition) is 3. The number of amides is 1. The van der Waals surface area contributed by atoms with Gasteiger partial charge < -0.3 is 10.0 Å². The molecular weight excluding hydrogens is 240 g/mol. The van der Waals surface area contributed by atoms with Crippen molar-refractivity contribution in [3.8, 4) is 0 Å². The fourth-order valence-corrected chi connectivity index (χ4v) is 3.55. The number of carbonyl (C=O) groups excluding carboxylic acids is 1. The molecule has 0 aromatic rings. The molecule has 2 aliphatic rings. The maximum absolute atomic E-state index is 12.3. The van der Waals surface area contributed by atoms with E-state index in [0.29, 0.717) is 24.3 Å². The molecule has 0 spiro atoms. The number of likely N-dealkylation sites (tertiary alicyclic amines) is 1. The molecule has 2 atom stereocenters. The molecule has 2 fully saturated rings. The molecule has 4 heteroatoms. The van der Waals surface area contributed by atoms with Gasteiger partial charge >= 0.3 is 0 Å². The van der Waals surface area contributed by atoms with Crippen LogP contribution in [0, 0.1) is 17.8 Å². The van der Waals surface area contributed by atoms with Crippen LogP contribution in [0.2, 0.25) is 0 Å². The zero-order chi connectivity index (χ0) is 14.0. The first kappa shape index (κ1) is 14.8. The standard InChI is InChI=1S/C15H28N2O2/c1-11-4-12(2)8-17(7-11)15(19)10-16(3)9-13-5-14(18)6-13/h11-14,18H,4-10H2,1-3H3. The van der Waals surface area contributed by atoms with Crippen LogP contribution in [0.25, 0.3) is 0 Å². The van der Waals surface area contributed by atoms with Gasteiger partial charge in [-0.2, -0.15) is 0 Å². The summed E-state index contributed by atoms with van der Waals surface area (Å²) >= 11 is 0. The number of aliphatic hydroxyl groups excluding tert-OH is 1. The van der Waals surface area contributed by atoms with Gasteiger partial charge in [0.2, 0.25) is 5.91 Å². The minimum absolute atomic E-state index is 0.0992. The minimum Gasteiger partial charge on any atom is -0.393 e. The van der Waals surface area contributed by atoms with Crippen molar-refractivity contribution in [3.63, 3.8) is 0 Å². The topological polar surface area (TPSA) is 43.8 Å². The van der Waals surface area contributed by atoms with E-state index in [-0.39, 0.29) is 12.0 Å². The second-order valence-electron chi connectivity index (χ2n) is 6.93. The van der Waals surface area contributed by atoms with Gasteiger partial charge in [0, 0.05) is 19.6 Å². The average Bonchev–Trinajstić information content (AvgIpc) is 2.25. The summed E-state index contributed by atoms with van der Waals surface area (Å²) in [6.45, 7) is 7.75. The van der Waals surface area contributed by atoms with Crippen molar-refractivity contribution in [3.05, 3.63) is 0 Å². The van der Waals surface area contributed by atoms with Crippen molar-refractivity contribution in [1.29, 1.82) is 0 Å². The maximum atomic E-state index is 12.3. The fraction of sp³-hybridized carbons (Fsp3) is 0.933. The van der Waals surface area contributed by atoms with E-state index in [1.807, 2.05) is 11.9 Å². The molecular formula is C15H28N2O2. The Morgan fingerprint density at radius 3 is 2.32 bits per heavy atom. The third kappa shape index (κ3) is 4.18. The second-order valence-corrected chi connectivity index (χ2v) is 6.93. The predicted octanol–water partition coefficient (Wildman–Crippen LogP) is 1.19. The Labute approximate surface area is 116 Å². The zero-order valence-electron chi connectivity index (χ0n) is 12.5. The molecule has 0 radical (unpaired) electrons. The number of rotatable bonds is 4. The Hall–Kier alpha value is -0.610. The third-order valence-electron chi connectivity index (χ3n) is 4.41. The van der Waals surface area contributed by atoms with Gasteiger partial charge in [0.25, 0.3) is 0 Å². The third-order valence-corrected chi connectivity index (χ3v) is 4.41. The van der Waals surface area contributed by atoms with Crippen LogP contribution in [0.15, 0.2) is 0 Å². The second kappa shape index (κ2) is 6.23. The van der Waals surface area contributed by atoms with Crippen LogP contribution in [-0.4, -0.2) is 60.1 Å². The van der Waals surface area contributed by atoms with Crippen molar-refractivity contribution in [1.82, 2.24) is 9.80 Å². The largest absolute Gasteiger partial charge is 0.393 e.